The first-order chi connectivity index (χ1) is 12.4. The molecule has 2 aliphatic heterocycles. The Morgan fingerprint density at radius 3 is 2.77 bits per heavy atom. The number of nitrogens with one attached hydrogen (secondary N) is 2. The molecule has 4 atom stereocenters. The van der Waals surface area contributed by atoms with Gasteiger partial charge in [0.1, 0.15) is 18.4 Å². The number of rotatable bonds is 4. The number of likely N-dealkylation sites (tertiary alicyclic amines) is 1. The molecule has 0 radical (unpaired) electrons. The fourth-order valence-electron chi connectivity index (χ4n) is 4.25. The minimum absolute atomic E-state index is 0.117. The van der Waals surface area contributed by atoms with Crippen molar-refractivity contribution < 1.29 is 22.7 Å². The third kappa shape index (κ3) is 3.53. The lowest BCUT2D eigenvalue weighted by atomic mass is 10.1. The van der Waals surface area contributed by atoms with Gasteiger partial charge in [-0.1, -0.05) is 6.07 Å². The van der Waals surface area contributed by atoms with Gasteiger partial charge in [-0.05, 0) is 49.8 Å². The van der Waals surface area contributed by atoms with Crippen molar-refractivity contribution in [3.8, 4) is 5.75 Å². The number of benzene rings is 1. The summed E-state index contributed by atoms with van der Waals surface area (Å²) in [7, 11) is 0. The van der Waals surface area contributed by atoms with Gasteiger partial charge in [-0.2, -0.15) is 13.2 Å². The molecular weight excluding hydrogens is 347 g/mol. The zero-order valence-electron chi connectivity index (χ0n) is 14.3. The Bertz CT molecular complexity index is 682. The lowest BCUT2D eigenvalue weighted by Gasteiger charge is -2.29. The molecule has 2 heterocycles. The molecule has 8 heteroatoms. The van der Waals surface area contributed by atoms with Gasteiger partial charge < -0.3 is 9.64 Å². The summed E-state index contributed by atoms with van der Waals surface area (Å²) >= 11 is 0. The van der Waals surface area contributed by atoms with Crippen LogP contribution in [-0.4, -0.2) is 42.1 Å². The summed E-state index contributed by atoms with van der Waals surface area (Å²) in [4.78, 5) is 14.7. The van der Waals surface area contributed by atoms with Crippen molar-refractivity contribution >= 4 is 5.91 Å². The van der Waals surface area contributed by atoms with E-state index in [0.29, 0.717) is 18.4 Å². The number of carbonyl (C=O) groups excluding carboxylic acids is 1. The Hall–Kier alpha value is -1.80. The number of hydrogen-bond donors (Lipinski definition) is 2. The maximum absolute atomic E-state index is 12.7. The van der Waals surface area contributed by atoms with E-state index in [1.165, 1.54) is 18.6 Å². The van der Waals surface area contributed by atoms with E-state index in [-0.39, 0.29) is 30.3 Å². The van der Waals surface area contributed by atoms with E-state index in [1.807, 2.05) is 4.90 Å². The van der Waals surface area contributed by atoms with Gasteiger partial charge in [-0.25, -0.2) is 5.43 Å². The lowest BCUT2D eigenvalue weighted by Crippen LogP contribution is -2.48. The minimum Gasteiger partial charge on any atom is -0.492 e. The highest BCUT2D eigenvalue weighted by atomic mass is 19.4. The molecule has 1 amide bonds. The van der Waals surface area contributed by atoms with Crippen LogP contribution < -0.4 is 15.6 Å². The number of halogens is 3. The van der Waals surface area contributed by atoms with E-state index < -0.39 is 11.7 Å². The topological polar surface area (TPSA) is 53.6 Å². The number of piperidine rings is 1. The number of carbonyl (C=O) groups is 1. The second-order valence-corrected chi connectivity index (χ2v) is 7.43. The van der Waals surface area contributed by atoms with Crippen LogP contribution in [0.15, 0.2) is 24.3 Å². The molecule has 2 bridgehead atoms. The van der Waals surface area contributed by atoms with Crippen molar-refractivity contribution in [1.29, 1.82) is 0 Å². The van der Waals surface area contributed by atoms with E-state index in [9.17, 15) is 18.0 Å². The Morgan fingerprint density at radius 2 is 2.08 bits per heavy atom. The van der Waals surface area contributed by atoms with Gasteiger partial charge in [0.15, 0.2) is 0 Å². The zero-order valence-corrected chi connectivity index (χ0v) is 14.3. The van der Waals surface area contributed by atoms with Gasteiger partial charge in [-0.15, -0.1) is 0 Å². The van der Waals surface area contributed by atoms with Gasteiger partial charge in [0, 0.05) is 12.6 Å². The van der Waals surface area contributed by atoms with E-state index in [2.05, 4.69) is 10.9 Å². The molecule has 3 fully saturated rings. The van der Waals surface area contributed by atoms with E-state index in [4.69, 9.17) is 4.74 Å². The lowest BCUT2D eigenvalue weighted by molar-refractivity contribution is -0.137. The maximum atomic E-state index is 12.7. The second-order valence-electron chi connectivity index (χ2n) is 7.43. The first kappa shape index (κ1) is 17.6. The van der Waals surface area contributed by atoms with Crippen molar-refractivity contribution in [2.75, 3.05) is 13.2 Å². The van der Waals surface area contributed by atoms with E-state index in [1.54, 1.807) is 0 Å². The molecule has 1 saturated carbocycles. The van der Waals surface area contributed by atoms with Gasteiger partial charge >= 0.3 is 6.18 Å². The van der Waals surface area contributed by atoms with Crippen LogP contribution in [0.1, 0.15) is 31.2 Å². The molecule has 2 saturated heterocycles. The van der Waals surface area contributed by atoms with Gasteiger partial charge in [0.2, 0.25) is 5.91 Å². The molecule has 5 nitrogen and oxygen atoms in total. The monoisotopic (exact) mass is 369 g/mol. The minimum atomic E-state index is -4.39. The molecule has 1 aromatic carbocycles. The molecule has 0 aromatic heterocycles. The molecule has 1 aliphatic carbocycles. The van der Waals surface area contributed by atoms with E-state index in [0.717, 1.165) is 31.5 Å². The molecule has 142 valence electrons. The van der Waals surface area contributed by atoms with E-state index >= 15 is 0 Å². The molecule has 26 heavy (non-hydrogen) atoms. The number of nitrogens with zero attached hydrogens (tertiary/aromatic N) is 1. The summed E-state index contributed by atoms with van der Waals surface area (Å²) in [6.45, 7) is 1.05. The first-order valence-electron chi connectivity index (χ1n) is 9.02. The number of ether oxygens (including phenoxy) is 1. The van der Waals surface area contributed by atoms with Crippen molar-refractivity contribution in [1.82, 2.24) is 15.8 Å². The molecule has 2 N–H and O–H groups in total. The molecule has 3 aliphatic rings. The average Bonchev–Trinajstić information content (AvgIpc) is 3.35. The highest BCUT2D eigenvalue weighted by Crippen LogP contribution is 2.38. The summed E-state index contributed by atoms with van der Waals surface area (Å²) < 4.78 is 43.7. The van der Waals surface area contributed by atoms with Crippen LogP contribution in [0.5, 0.6) is 5.75 Å². The number of alkyl halides is 3. The number of hydrazine groups is 1. The summed E-state index contributed by atoms with van der Waals surface area (Å²) in [5.41, 5.74) is 5.31. The number of amides is 1. The Balaban J connectivity index is 1.29. The highest BCUT2D eigenvalue weighted by molar-refractivity contribution is 5.83. The standard InChI is InChI=1S/C18H22F3N3O2/c19-18(20,21)12-2-1-3-15(7-12)26-10-13-8-16(23-22-13)17(25)24-9-11-4-5-14(24)6-11/h1-3,7,11,13-14,16,22-23H,4-6,8-10H2/t11-,13?,14-,16?/m0/s1. The normalized spacial score (nSPS) is 30.8. The molecular formula is C18H22F3N3O2. The third-order valence-electron chi connectivity index (χ3n) is 5.58. The van der Waals surface area contributed by atoms with Crippen LogP contribution in [0.3, 0.4) is 0 Å². The first-order valence-corrected chi connectivity index (χ1v) is 9.02. The van der Waals surface area contributed by atoms with Crippen molar-refractivity contribution in [2.24, 2.45) is 5.92 Å². The summed E-state index contributed by atoms with van der Waals surface area (Å²) in [6.07, 6.45) is -0.393. The molecule has 0 spiro atoms. The van der Waals surface area contributed by atoms with Crippen LogP contribution in [0.2, 0.25) is 0 Å². The van der Waals surface area contributed by atoms with Crippen LogP contribution in [0, 0.1) is 5.92 Å². The average molecular weight is 369 g/mol. The Kier molecular flexibility index (Phi) is 4.56. The smallest absolute Gasteiger partial charge is 0.416 e. The van der Waals surface area contributed by atoms with Crippen molar-refractivity contribution in [2.45, 2.75) is 50.0 Å². The van der Waals surface area contributed by atoms with Gasteiger partial charge in [-0.3, -0.25) is 10.2 Å². The highest BCUT2D eigenvalue weighted by Gasteiger charge is 2.43. The Labute approximate surface area is 149 Å². The fraction of sp³-hybridized carbons (Fsp3) is 0.611. The van der Waals surface area contributed by atoms with Crippen molar-refractivity contribution in [3.05, 3.63) is 29.8 Å². The van der Waals surface area contributed by atoms with Crippen molar-refractivity contribution in [3.63, 3.8) is 0 Å². The maximum Gasteiger partial charge on any atom is 0.416 e. The summed E-state index contributed by atoms with van der Waals surface area (Å²) in [6, 6.07) is 4.79. The SMILES string of the molecule is O=C(C1CC(COc2cccc(C(F)(F)F)c2)NN1)N1C[C@H]2CC[C@H]1C2. The molecule has 4 rings (SSSR count). The molecule has 1 aromatic rings. The number of fused-ring (bicyclic) bond motifs is 2. The van der Waals surface area contributed by atoms with Gasteiger partial charge in [0.05, 0.1) is 11.6 Å². The van der Waals surface area contributed by atoms with Crippen LogP contribution in [0.4, 0.5) is 13.2 Å². The van der Waals surface area contributed by atoms with Gasteiger partial charge in [0.25, 0.3) is 0 Å². The van der Waals surface area contributed by atoms with Crippen LogP contribution in [-0.2, 0) is 11.0 Å². The predicted octanol–water partition coefficient (Wildman–Crippen LogP) is 2.33. The van der Waals surface area contributed by atoms with Crippen LogP contribution in [0.25, 0.3) is 0 Å². The molecule has 2 unspecified atom stereocenters. The summed E-state index contributed by atoms with van der Waals surface area (Å²) in [5, 5.41) is 0. The third-order valence-corrected chi connectivity index (χ3v) is 5.58. The Morgan fingerprint density at radius 1 is 1.23 bits per heavy atom. The number of hydrogen-bond acceptors (Lipinski definition) is 4. The zero-order chi connectivity index (χ0) is 18.3. The summed E-state index contributed by atoms with van der Waals surface area (Å²) in [5.74, 6) is 0.942. The fourth-order valence-corrected chi connectivity index (χ4v) is 4.25. The second kappa shape index (κ2) is 6.74. The largest absolute Gasteiger partial charge is 0.492 e. The quantitative estimate of drug-likeness (QED) is 0.856. The van der Waals surface area contributed by atoms with Crippen LogP contribution >= 0.6 is 0 Å². The predicted molar refractivity (Wildman–Crippen MR) is 88.2 cm³/mol.